The number of aromatic nitrogens is 4. The van der Waals surface area contributed by atoms with Crippen molar-refractivity contribution in [3.63, 3.8) is 0 Å². The van der Waals surface area contributed by atoms with Crippen molar-refractivity contribution in [2.75, 3.05) is 22.9 Å². The number of hydrogen-bond donors (Lipinski definition) is 0. The van der Waals surface area contributed by atoms with Crippen LogP contribution in [0.15, 0.2) is 29.3 Å². The predicted molar refractivity (Wildman–Crippen MR) is 212 cm³/mol. The second kappa shape index (κ2) is 15.0. The Morgan fingerprint density at radius 1 is 0.538 bits per heavy atom. The second-order valence-electron chi connectivity index (χ2n) is 17.7. The molecule has 2 aromatic rings. The van der Waals surface area contributed by atoms with Gasteiger partial charge in [-0.3, -0.25) is 0 Å². The van der Waals surface area contributed by atoms with E-state index in [1.54, 1.807) is 12.4 Å². The van der Waals surface area contributed by atoms with Crippen LogP contribution in [-0.2, 0) is 27.9 Å². The van der Waals surface area contributed by atoms with Gasteiger partial charge in [0, 0.05) is 55.4 Å². The van der Waals surface area contributed by atoms with Crippen LogP contribution in [-0.4, -0.2) is 99.9 Å². The first kappa shape index (κ1) is 41.4. The van der Waals surface area contributed by atoms with E-state index in [9.17, 15) is 0 Å². The van der Waals surface area contributed by atoms with Gasteiger partial charge >= 0.3 is 21.1 Å². The molecule has 5 saturated heterocycles. The standard InChI is InChI=1S/C15H24BN3O2.C12H24B2O4.C9H12BrN3/c1-11-7-6-8-19(11)13-17-9-12(10-18-13)16-20-14(2,3)15(4,5)21-16;1-9(2)10(3,4)16-13(15-9)14-17-11(5,6)12(7,8)18-14;1-7-3-2-4-13(7)9-11-5-8(10)6-12-9/h9-11H,6-8H2,1-5H3;1-8H3;5-7H,2-4H2,1H3/t11-;;7-/m1.1/s1. The summed E-state index contributed by atoms with van der Waals surface area (Å²) in [6, 6.07) is 1.11. The van der Waals surface area contributed by atoms with Crippen molar-refractivity contribution in [1.29, 1.82) is 0 Å². The summed E-state index contributed by atoms with van der Waals surface area (Å²) >= 11 is 3.33. The number of hydrogen-bond acceptors (Lipinski definition) is 12. The van der Waals surface area contributed by atoms with Crippen molar-refractivity contribution in [3.05, 3.63) is 29.3 Å². The second-order valence-corrected chi connectivity index (χ2v) is 18.6. The molecular formula is C36H60B3BrN6O6. The van der Waals surface area contributed by atoms with E-state index in [2.05, 4.69) is 59.5 Å². The smallest absolute Gasteiger partial charge is 0.405 e. The average molecular weight is 785 g/mol. The van der Waals surface area contributed by atoms with Gasteiger partial charge in [0.15, 0.2) is 0 Å². The molecule has 0 amide bonds. The lowest BCUT2D eigenvalue weighted by atomic mass is 9.49. The van der Waals surface area contributed by atoms with E-state index < -0.39 is 14.0 Å². The molecule has 0 unspecified atom stereocenters. The quantitative estimate of drug-likeness (QED) is 0.327. The summed E-state index contributed by atoms with van der Waals surface area (Å²) in [6.45, 7) is 31.0. The van der Waals surface area contributed by atoms with Gasteiger partial charge in [0.25, 0.3) is 0 Å². The maximum atomic E-state index is 6.02. The molecule has 2 aromatic heterocycles. The summed E-state index contributed by atoms with van der Waals surface area (Å²) in [5.41, 5.74) is -1.23. The molecule has 2 atom stereocenters. The zero-order valence-corrected chi connectivity index (χ0v) is 35.5. The highest BCUT2D eigenvalue weighted by atomic mass is 79.9. The number of rotatable bonds is 4. The summed E-state index contributed by atoms with van der Waals surface area (Å²) in [6.07, 6.45) is 12.2. The lowest BCUT2D eigenvalue weighted by Gasteiger charge is -2.32. The molecule has 0 radical (unpaired) electrons. The third-order valence-electron chi connectivity index (χ3n) is 12.2. The van der Waals surface area contributed by atoms with Crippen LogP contribution in [0.4, 0.5) is 11.9 Å². The Hall–Kier alpha value is -1.81. The Balaban J connectivity index is 0.000000155. The first-order chi connectivity index (χ1) is 24.0. The van der Waals surface area contributed by atoms with E-state index in [-0.39, 0.29) is 40.7 Å². The molecule has 5 fully saturated rings. The summed E-state index contributed by atoms with van der Waals surface area (Å²) in [7, 11) is -1.34. The largest absolute Gasteiger partial charge is 0.498 e. The van der Waals surface area contributed by atoms with Crippen molar-refractivity contribution >= 4 is 54.4 Å². The lowest BCUT2D eigenvalue weighted by Crippen LogP contribution is -2.41. The summed E-state index contributed by atoms with van der Waals surface area (Å²) < 4.78 is 36.8. The monoisotopic (exact) mass is 784 g/mol. The molecule has 7 heterocycles. The maximum Gasteiger partial charge on any atom is 0.498 e. The summed E-state index contributed by atoms with van der Waals surface area (Å²) in [5, 5.41) is 0. The van der Waals surface area contributed by atoms with E-state index in [1.807, 2.05) is 95.5 Å². The van der Waals surface area contributed by atoms with Crippen LogP contribution in [0.3, 0.4) is 0 Å². The first-order valence-electron chi connectivity index (χ1n) is 18.8. The van der Waals surface area contributed by atoms with Crippen LogP contribution in [0.25, 0.3) is 0 Å². The molecule has 0 saturated carbocycles. The molecule has 0 N–H and O–H groups in total. The molecule has 12 nitrogen and oxygen atoms in total. The van der Waals surface area contributed by atoms with Crippen LogP contribution in [0.2, 0.25) is 0 Å². The third kappa shape index (κ3) is 8.68. The normalized spacial score (nSPS) is 27.7. The Morgan fingerprint density at radius 3 is 1.15 bits per heavy atom. The minimum atomic E-state index is -0.476. The van der Waals surface area contributed by atoms with Crippen molar-refractivity contribution < 1.29 is 27.9 Å². The van der Waals surface area contributed by atoms with Gasteiger partial charge in [-0.25, -0.2) is 19.9 Å². The number of nitrogens with zero attached hydrogens (tertiary/aromatic N) is 6. The van der Waals surface area contributed by atoms with E-state index in [4.69, 9.17) is 27.9 Å². The zero-order chi connectivity index (χ0) is 38.5. The fraction of sp³-hybridized carbons (Fsp3) is 0.778. The molecule has 5 aliphatic rings. The van der Waals surface area contributed by atoms with E-state index in [1.165, 1.54) is 25.7 Å². The third-order valence-corrected chi connectivity index (χ3v) is 12.6. The first-order valence-corrected chi connectivity index (χ1v) is 19.6. The molecule has 5 aliphatic heterocycles. The van der Waals surface area contributed by atoms with Crippen LogP contribution < -0.4 is 15.3 Å². The van der Waals surface area contributed by atoms with Crippen molar-refractivity contribution in [2.45, 2.75) is 168 Å². The Morgan fingerprint density at radius 2 is 0.846 bits per heavy atom. The Kier molecular flexibility index (Phi) is 12.0. The fourth-order valence-electron chi connectivity index (χ4n) is 6.49. The average Bonchev–Trinajstić information content (AvgIpc) is 3.81. The zero-order valence-electron chi connectivity index (χ0n) is 33.9. The van der Waals surface area contributed by atoms with Gasteiger partial charge < -0.3 is 37.7 Å². The molecule has 0 aliphatic carbocycles. The number of anilines is 2. The van der Waals surface area contributed by atoms with E-state index >= 15 is 0 Å². The molecule has 0 spiro atoms. The molecular weight excluding hydrogens is 725 g/mol. The molecule has 0 aromatic carbocycles. The lowest BCUT2D eigenvalue weighted by molar-refractivity contribution is 0.00578. The maximum absolute atomic E-state index is 6.02. The highest BCUT2D eigenvalue weighted by Crippen LogP contribution is 2.43. The highest BCUT2D eigenvalue weighted by Gasteiger charge is 2.63. The topological polar surface area (TPSA) is 113 Å². The predicted octanol–water partition coefficient (Wildman–Crippen LogP) is 6.24. The van der Waals surface area contributed by atoms with Gasteiger partial charge in [0.05, 0.1) is 38.1 Å². The summed E-state index contributed by atoms with van der Waals surface area (Å²) in [5.74, 6) is 1.66. The molecule has 286 valence electrons. The van der Waals surface area contributed by atoms with Gasteiger partial charge in [-0.05, 0) is 139 Å². The van der Waals surface area contributed by atoms with Crippen molar-refractivity contribution in [1.82, 2.24) is 19.9 Å². The minimum Gasteiger partial charge on any atom is -0.405 e. The van der Waals surface area contributed by atoms with E-state index in [0.29, 0.717) is 12.1 Å². The summed E-state index contributed by atoms with van der Waals surface area (Å²) in [4.78, 5) is 22.1. The fourth-order valence-corrected chi connectivity index (χ4v) is 6.70. The SMILES string of the molecule is CC1(C)OB(B2OC(C)(C)C(C)(C)O2)OC1(C)C.C[C@@H]1CCCN1c1ncc(B2OC(C)(C)C(C)(C)O2)cn1.C[C@@H]1CCCN1c1ncc(Br)cn1. The van der Waals surface area contributed by atoms with Crippen molar-refractivity contribution in [2.24, 2.45) is 0 Å². The Labute approximate surface area is 321 Å². The molecule has 7 rings (SSSR count). The van der Waals surface area contributed by atoms with Crippen molar-refractivity contribution in [3.8, 4) is 0 Å². The van der Waals surface area contributed by atoms with Gasteiger partial charge in [-0.2, -0.15) is 0 Å². The van der Waals surface area contributed by atoms with Crippen LogP contribution in [0.5, 0.6) is 0 Å². The van der Waals surface area contributed by atoms with Crippen LogP contribution >= 0.6 is 15.9 Å². The van der Waals surface area contributed by atoms with Gasteiger partial charge in [0.1, 0.15) is 0 Å². The number of halogens is 1. The van der Waals surface area contributed by atoms with Gasteiger partial charge in [-0.15, -0.1) is 0 Å². The Bertz CT molecular complexity index is 1430. The molecule has 16 heteroatoms. The van der Waals surface area contributed by atoms with Gasteiger partial charge in [-0.1, -0.05) is 0 Å². The van der Waals surface area contributed by atoms with Gasteiger partial charge in [0.2, 0.25) is 11.9 Å². The minimum absolute atomic E-state index is 0.334. The highest BCUT2D eigenvalue weighted by molar-refractivity contribution is 9.10. The van der Waals surface area contributed by atoms with E-state index in [0.717, 1.165) is 34.9 Å². The molecule has 52 heavy (non-hydrogen) atoms. The molecule has 0 bridgehead atoms. The van der Waals surface area contributed by atoms with Crippen LogP contribution in [0.1, 0.15) is 123 Å². The van der Waals surface area contributed by atoms with Crippen LogP contribution in [0, 0.1) is 0 Å².